The summed E-state index contributed by atoms with van der Waals surface area (Å²) in [6.45, 7) is 5.18. The van der Waals surface area contributed by atoms with Crippen molar-refractivity contribution < 1.29 is 38.8 Å². The maximum absolute atomic E-state index is 12.5. The summed E-state index contributed by atoms with van der Waals surface area (Å²) in [5.74, 6) is -1.91. The van der Waals surface area contributed by atoms with Crippen molar-refractivity contribution in [2.24, 2.45) is 5.73 Å². The van der Waals surface area contributed by atoms with Crippen LogP contribution in [0.1, 0.15) is 39.2 Å². The third-order valence-corrected chi connectivity index (χ3v) is 4.88. The number of hydrogen-bond acceptors (Lipinski definition) is 9. The molecule has 0 saturated heterocycles. The summed E-state index contributed by atoms with van der Waals surface area (Å²) in [4.78, 5) is 35.8. The van der Waals surface area contributed by atoms with Crippen LogP contribution in [0.4, 0.5) is 0 Å². The molecule has 1 aliphatic carbocycles. The van der Waals surface area contributed by atoms with E-state index in [-0.39, 0.29) is 43.1 Å². The lowest BCUT2D eigenvalue weighted by molar-refractivity contribution is -0.141. The lowest BCUT2D eigenvalue weighted by Gasteiger charge is -2.35. The molecule has 0 radical (unpaired) electrons. The van der Waals surface area contributed by atoms with Crippen molar-refractivity contribution in [1.29, 1.82) is 0 Å². The van der Waals surface area contributed by atoms with Gasteiger partial charge in [-0.2, -0.15) is 0 Å². The molecule has 0 heterocycles. The minimum atomic E-state index is -0.599. The maximum atomic E-state index is 12.5. The summed E-state index contributed by atoms with van der Waals surface area (Å²) in [6.07, 6.45) is 4.09. The summed E-state index contributed by atoms with van der Waals surface area (Å²) in [6, 6.07) is 3.18. The van der Waals surface area contributed by atoms with Gasteiger partial charge < -0.3 is 35.5 Å². The monoisotopic (exact) mass is 476 g/mol. The van der Waals surface area contributed by atoms with Gasteiger partial charge in [-0.3, -0.25) is 4.79 Å². The molecule has 1 aliphatic rings. The normalized spacial score (nSPS) is 20.1. The topological polar surface area (TPSA) is 157 Å². The van der Waals surface area contributed by atoms with E-state index in [2.05, 4.69) is 5.32 Å². The van der Waals surface area contributed by atoms with E-state index in [1.807, 2.05) is 13.8 Å². The van der Waals surface area contributed by atoms with Crippen molar-refractivity contribution in [3.63, 3.8) is 0 Å². The van der Waals surface area contributed by atoms with Crippen molar-refractivity contribution in [3.05, 3.63) is 41.5 Å². The van der Waals surface area contributed by atoms with Crippen molar-refractivity contribution in [2.75, 3.05) is 13.2 Å². The molecule has 0 aromatic heterocycles. The average molecular weight is 477 g/mol. The fourth-order valence-corrected chi connectivity index (χ4v) is 3.35. The summed E-state index contributed by atoms with van der Waals surface area (Å²) in [5, 5.41) is 21.5. The number of ether oxygens (including phenoxy) is 3. The van der Waals surface area contributed by atoms with Gasteiger partial charge in [-0.15, -0.1) is 0 Å². The Kier molecular flexibility index (Phi) is 10.1. The standard InChI is InChI=1S/C24H32N2O8/c1-14(2)34-21-13-17(12-18(25)23(21)26-15(3)27)24(31)33-10-4-9-32-22(30)8-6-16-5-7-19(28)20(29)11-16/h5-8,11,13-14,18,21,23,28-29H,4,9-10,12,25H2,1-3H3,(H,26,27)/b8-6+/t18-,21+,23+/m0/s1. The van der Waals surface area contributed by atoms with Crippen LogP contribution < -0.4 is 11.1 Å². The second-order valence-corrected chi connectivity index (χ2v) is 8.17. The molecular formula is C24H32N2O8. The molecule has 0 fully saturated rings. The van der Waals surface area contributed by atoms with Gasteiger partial charge in [0.2, 0.25) is 5.91 Å². The van der Waals surface area contributed by atoms with E-state index in [9.17, 15) is 24.6 Å². The Balaban J connectivity index is 1.79. The lowest BCUT2D eigenvalue weighted by Crippen LogP contribution is -2.56. The molecule has 5 N–H and O–H groups in total. The van der Waals surface area contributed by atoms with Crippen molar-refractivity contribution in [3.8, 4) is 11.5 Å². The van der Waals surface area contributed by atoms with E-state index in [1.165, 1.54) is 37.3 Å². The molecule has 10 nitrogen and oxygen atoms in total. The highest BCUT2D eigenvalue weighted by atomic mass is 16.5. The zero-order chi connectivity index (χ0) is 25.3. The predicted octanol–water partition coefficient (Wildman–Crippen LogP) is 1.54. The number of rotatable bonds is 10. The Bertz CT molecular complexity index is 941. The number of carbonyl (C=O) groups is 3. The number of amides is 1. The first-order valence-corrected chi connectivity index (χ1v) is 11.0. The Morgan fingerprint density at radius 3 is 2.53 bits per heavy atom. The number of nitrogens with one attached hydrogen (secondary N) is 1. The molecule has 0 saturated carbocycles. The third-order valence-electron chi connectivity index (χ3n) is 4.88. The first-order chi connectivity index (χ1) is 16.1. The van der Waals surface area contributed by atoms with Gasteiger partial charge in [-0.05, 0) is 50.1 Å². The third kappa shape index (κ3) is 8.53. The second kappa shape index (κ2) is 12.8. The Morgan fingerprint density at radius 1 is 1.18 bits per heavy atom. The molecule has 0 spiro atoms. The van der Waals surface area contributed by atoms with Crippen LogP contribution in [-0.2, 0) is 28.6 Å². The number of hydrogen-bond donors (Lipinski definition) is 4. The number of phenolic OH excluding ortho intramolecular Hbond substituents is 2. The Hall–Kier alpha value is -3.37. The quantitative estimate of drug-likeness (QED) is 0.170. The second-order valence-electron chi connectivity index (χ2n) is 8.17. The summed E-state index contributed by atoms with van der Waals surface area (Å²) < 4.78 is 16.1. The highest BCUT2D eigenvalue weighted by molar-refractivity contribution is 5.89. The minimum Gasteiger partial charge on any atom is -0.504 e. The predicted molar refractivity (Wildman–Crippen MR) is 124 cm³/mol. The van der Waals surface area contributed by atoms with E-state index in [0.29, 0.717) is 17.6 Å². The van der Waals surface area contributed by atoms with Crippen LogP contribution >= 0.6 is 0 Å². The molecule has 1 aromatic rings. The SMILES string of the molecule is CC(=O)N[C@@H]1[C@@H](N)CC(C(=O)OCCCOC(=O)/C=C/c2ccc(O)c(O)c2)=C[C@H]1OC(C)C. The van der Waals surface area contributed by atoms with Crippen LogP contribution in [0, 0.1) is 0 Å². The van der Waals surface area contributed by atoms with E-state index >= 15 is 0 Å². The highest BCUT2D eigenvalue weighted by Gasteiger charge is 2.35. The van der Waals surface area contributed by atoms with Crippen LogP contribution in [0.2, 0.25) is 0 Å². The van der Waals surface area contributed by atoms with Gasteiger partial charge in [0.1, 0.15) is 0 Å². The zero-order valence-corrected chi connectivity index (χ0v) is 19.5. The summed E-state index contributed by atoms with van der Waals surface area (Å²) >= 11 is 0. The summed E-state index contributed by atoms with van der Waals surface area (Å²) in [5.41, 5.74) is 7.07. The number of carbonyl (C=O) groups excluding carboxylic acids is 3. The fourth-order valence-electron chi connectivity index (χ4n) is 3.35. The van der Waals surface area contributed by atoms with Gasteiger partial charge in [0, 0.05) is 31.0 Å². The molecule has 0 unspecified atom stereocenters. The number of esters is 2. The van der Waals surface area contributed by atoms with Crippen molar-refractivity contribution >= 4 is 23.9 Å². The minimum absolute atomic E-state index is 0.0407. The molecule has 10 heteroatoms. The van der Waals surface area contributed by atoms with E-state index < -0.39 is 30.1 Å². The first-order valence-electron chi connectivity index (χ1n) is 11.0. The van der Waals surface area contributed by atoms with Gasteiger partial charge in [0.25, 0.3) is 0 Å². The van der Waals surface area contributed by atoms with E-state index in [0.717, 1.165) is 0 Å². The number of benzene rings is 1. The molecule has 3 atom stereocenters. The van der Waals surface area contributed by atoms with Crippen LogP contribution in [-0.4, -0.2) is 65.6 Å². The highest BCUT2D eigenvalue weighted by Crippen LogP contribution is 2.25. The smallest absolute Gasteiger partial charge is 0.333 e. The van der Waals surface area contributed by atoms with E-state index in [1.54, 1.807) is 6.08 Å². The van der Waals surface area contributed by atoms with Crippen LogP contribution in [0.25, 0.3) is 6.08 Å². The average Bonchev–Trinajstić information content (AvgIpc) is 2.75. The van der Waals surface area contributed by atoms with Gasteiger partial charge >= 0.3 is 11.9 Å². The van der Waals surface area contributed by atoms with Crippen molar-refractivity contribution in [2.45, 2.75) is 57.9 Å². The van der Waals surface area contributed by atoms with Gasteiger partial charge in [0.15, 0.2) is 11.5 Å². The first kappa shape index (κ1) is 26.9. The fraction of sp³-hybridized carbons (Fsp3) is 0.458. The summed E-state index contributed by atoms with van der Waals surface area (Å²) in [7, 11) is 0. The lowest BCUT2D eigenvalue weighted by atomic mass is 9.88. The van der Waals surface area contributed by atoms with Crippen LogP contribution in [0.3, 0.4) is 0 Å². The molecule has 34 heavy (non-hydrogen) atoms. The number of phenols is 2. The van der Waals surface area contributed by atoms with Crippen molar-refractivity contribution in [1.82, 2.24) is 5.32 Å². The van der Waals surface area contributed by atoms with Gasteiger partial charge in [0.05, 0.1) is 31.5 Å². The molecular weight excluding hydrogens is 444 g/mol. The molecule has 1 aromatic carbocycles. The molecule has 0 bridgehead atoms. The van der Waals surface area contributed by atoms with Gasteiger partial charge in [-0.25, -0.2) is 9.59 Å². The largest absolute Gasteiger partial charge is 0.504 e. The van der Waals surface area contributed by atoms with Crippen LogP contribution in [0.5, 0.6) is 11.5 Å². The molecule has 1 amide bonds. The zero-order valence-electron chi connectivity index (χ0n) is 19.5. The molecule has 0 aliphatic heterocycles. The number of aromatic hydroxyl groups is 2. The molecule has 2 rings (SSSR count). The Morgan fingerprint density at radius 2 is 1.88 bits per heavy atom. The Labute approximate surface area is 198 Å². The molecule has 186 valence electrons. The van der Waals surface area contributed by atoms with Gasteiger partial charge in [-0.1, -0.05) is 6.07 Å². The number of nitrogens with two attached hydrogens (primary N) is 1. The van der Waals surface area contributed by atoms with Crippen LogP contribution in [0.15, 0.2) is 35.9 Å². The van der Waals surface area contributed by atoms with E-state index in [4.69, 9.17) is 19.9 Å². The maximum Gasteiger partial charge on any atom is 0.333 e.